The number of nitrogens with zero attached hydrogens (tertiary/aromatic N) is 1. The summed E-state index contributed by atoms with van der Waals surface area (Å²) in [6, 6.07) is 0. The largest absolute Gasteiger partial charge is 0.293 e. The highest BCUT2D eigenvalue weighted by Gasteiger charge is 2.48. The lowest BCUT2D eigenvalue weighted by Gasteiger charge is -2.42. The van der Waals surface area contributed by atoms with Crippen LogP contribution in [0.25, 0.3) is 0 Å². The van der Waals surface area contributed by atoms with Gasteiger partial charge in [0.1, 0.15) is 0 Å². The van der Waals surface area contributed by atoms with Crippen molar-refractivity contribution in [1.82, 2.24) is 4.90 Å². The van der Waals surface area contributed by atoms with Gasteiger partial charge in [-0.25, -0.2) is 0 Å². The van der Waals surface area contributed by atoms with Crippen LogP contribution in [0, 0.1) is 5.41 Å². The normalized spacial score (nSPS) is 30.9. The van der Waals surface area contributed by atoms with E-state index in [4.69, 9.17) is 0 Å². The molecule has 1 rings (SSSR count). The standard InChI is InChI=1S/C15H31N/c1-8-9-10-15(7)11-14(5,6)16(12-15)13(2,3)4/h8-12H2,1-7H3/t15-/m0/s1. The summed E-state index contributed by atoms with van der Waals surface area (Å²) in [7, 11) is 0. The Bertz CT molecular complexity index is 236. The predicted octanol–water partition coefficient (Wildman–Crippen LogP) is 4.47. The fourth-order valence-electron chi connectivity index (χ4n) is 3.71. The van der Waals surface area contributed by atoms with Gasteiger partial charge in [0.2, 0.25) is 0 Å². The Hall–Kier alpha value is -0.0400. The maximum Gasteiger partial charge on any atom is 0.0164 e. The zero-order valence-corrected chi connectivity index (χ0v) is 12.5. The van der Waals surface area contributed by atoms with Gasteiger partial charge in [-0.05, 0) is 52.9 Å². The second-order valence-corrected chi connectivity index (χ2v) is 7.66. The Morgan fingerprint density at radius 1 is 1.12 bits per heavy atom. The van der Waals surface area contributed by atoms with E-state index in [9.17, 15) is 0 Å². The van der Waals surface area contributed by atoms with E-state index in [1.54, 1.807) is 0 Å². The van der Waals surface area contributed by atoms with E-state index >= 15 is 0 Å². The first-order valence-corrected chi connectivity index (χ1v) is 6.88. The molecule has 0 unspecified atom stereocenters. The van der Waals surface area contributed by atoms with Gasteiger partial charge in [0.15, 0.2) is 0 Å². The Morgan fingerprint density at radius 2 is 1.69 bits per heavy atom. The van der Waals surface area contributed by atoms with Gasteiger partial charge >= 0.3 is 0 Å². The molecule has 0 aromatic carbocycles. The van der Waals surface area contributed by atoms with Gasteiger partial charge in [-0.15, -0.1) is 0 Å². The van der Waals surface area contributed by atoms with Crippen molar-refractivity contribution in [1.29, 1.82) is 0 Å². The third-order valence-corrected chi connectivity index (χ3v) is 4.07. The van der Waals surface area contributed by atoms with Gasteiger partial charge in [-0.2, -0.15) is 0 Å². The van der Waals surface area contributed by atoms with Crippen LogP contribution in [0.3, 0.4) is 0 Å². The molecule has 1 aliphatic heterocycles. The van der Waals surface area contributed by atoms with Crippen LogP contribution in [-0.2, 0) is 0 Å². The van der Waals surface area contributed by atoms with Gasteiger partial charge in [-0.1, -0.05) is 26.7 Å². The summed E-state index contributed by atoms with van der Waals surface area (Å²) in [5.41, 5.74) is 1.20. The van der Waals surface area contributed by atoms with E-state index in [2.05, 4.69) is 53.4 Å². The van der Waals surface area contributed by atoms with E-state index in [0.29, 0.717) is 16.5 Å². The molecular formula is C15H31N. The number of hydrogen-bond acceptors (Lipinski definition) is 1. The molecule has 16 heavy (non-hydrogen) atoms. The fourth-order valence-corrected chi connectivity index (χ4v) is 3.71. The minimum atomic E-state index is 0.299. The monoisotopic (exact) mass is 225 g/mol. The van der Waals surface area contributed by atoms with E-state index < -0.39 is 0 Å². The molecule has 1 nitrogen and oxygen atoms in total. The van der Waals surface area contributed by atoms with Gasteiger partial charge in [0.25, 0.3) is 0 Å². The molecule has 0 aromatic heterocycles. The minimum absolute atomic E-state index is 0.299. The molecule has 0 saturated carbocycles. The SMILES string of the molecule is CCCC[C@]1(C)CN(C(C)(C)C)C(C)(C)C1. The van der Waals surface area contributed by atoms with Crippen LogP contribution in [0.4, 0.5) is 0 Å². The maximum absolute atomic E-state index is 2.70. The molecule has 1 heteroatoms. The Morgan fingerprint density at radius 3 is 2.06 bits per heavy atom. The Labute approximate surface area is 103 Å². The molecule has 1 aliphatic rings. The molecule has 0 amide bonds. The van der Waals surface area contributed by atoms with Crippen molar-refractivity contribution in [2.75, 3.05) is 6.54 Å². The molecule has 0 N–H and O–H groups in total. The first-order valence-electron chi connectivity index (χ1n) is 6.88. The van der Waals surface area contributed by atoms with Crippen LogP contribution in [-0.4, -0.2) is 22.5 Å². The molecular weight excluding hydrogens is 194 g/mol. The quantitative estimate of drug-likeness (QED) is 0.685. The van der Waals surface area contributed by atoms with Crippen molar-refractivity contribution >= 4 is 0 Å². The first kappa shape index (κ1) is 14.0. The molecule has 0 spiro atoms. The van der Waals surface area contributed by atoms with Gasteiger partial charge in [-0.3, -0.25) is 4.90 Å². The van der Waals surface area contributed by atoms with Crippen molar-refractivity contribution in [3.8, 4) is 0 Å². The van der Waals surface area contributed by atoms with Gasteiger partial charge in [0.05, 0.1) is 0 Å². The lowest BCUT2D eigenvalue weighted by atomic mass is 9.80. The minimum Gasteiger partial charge on any atom is -0.293 e. The molecule has 0 radical (unpaired) electrons. The molecule has 1 heterocycles. The van der Waals surface area contributed by atoms with Crippen molar-refractivity contribution in [3.63, 3.8) is 0 Å². The molecule has 1 saturated heterocycles. The molecule has 1 atom stereocenters. The highest BCUT2D eigenvalue weighted by atomic mass is 15.3. The summed E-state index contributed by atoms with van der Waals surface area (Å²) in [4.78, 5) is 2.70. The summed E-state index contributed by atoms with van der Waals surface area (Å²) in [6.45, 7) is 17.9. The molecule has 0 aromatic rings. The van der Waals surface area contributed by atoms with E-state index in [-0.39, 0.29) is 0 Å². The van der Waals surface area contributed by atoms with Gasteiger partial charge in [0, 0.05) is 17.6 Å². The first-order chi connectivity index (χ1) is 7.11. The van der Waals surface area contributed by atoms with Crippen LogP contribution in [0.2, 0.25) is 0 Å². The lowest BCUT2D eigenvalue weighted by molar-refractivity contribution is 0.0646. The average molecular weight is 225 g/mol. The van der Waals surface area contributed by atoms with Crippen molar-refractivity contribution in [3.05, 3.63) is 0 Å². The summed E-state index contributed by atoms with van der Waals surface area (Å²) in [5, 5.41) is 0. The number of hydrogen-bond donors (Lipinski definition) is 0. The smallest absolute Gasteiger partial charge is 0.0164 e. The second-order valence-electron chi connectivity index (χ2n) is 7.66. The molecule has 1 fully saturated rings. The van der Waals surface area contributed by atoms with E-state index in [1.807, 2.05) is 0 Å². The van der Waals surface area contributed by atoms with Gasteiger partial charge < -0.3 is 0 Å². The Balaban J connectivity index is 2.78. The van der Waals surface area contributed by atoms with Crippen LogP contribution < -0.4 is 0 Å². The van der Waals surface area contributed by atoms with E-state index in [1.165, 1.54) is 32.2 Å². The fraction of sp³-hybridized carbons (Fsp3) is 1.00. The highest BCUT2D eigenvalue weighted by molar-refractivity contribution is 5.03. The topological polar surface area (TPSA) is 3.24 Å². The third kappa shape index (κ3) is 3.00. The molecule has 0 aliphatic carbocycles. The highest BCUT2D eigenvalue weighted by Crippen LogP contribution is 2.47. The summed E-state index contributed by atoms with van der Waals surface area (Å²) in [6.07, 6.45) is 5.44. The number of rotatable bonds is 3. The molecule has 96 valence electrons. The summed E-state index contributed by atoms with van der Waals surface area (Å²) >= 11 is 0. The predicted molar refractivity (Wildman–Crippen MR) is 72.8 cm³/mol. The van der Waals surface area contributed by atoms with Crippen molar-refractivity contribution < 1.29 is 0 Å². The van der Waals surface area contributed by atoms with Crippen LogP contribution in [0.15, 0.2) is 0 Å². The Kier molecular flexibility index (Phi) is 3.79. The van der Waals surface area contributed by atoms with E-state index in [0.717, 1.165) is 0 Å². The second kappa shape index (κ2) is 4.33. The number of likely N-dealkylation sites (tertiary alicyclic amines) is 1. The van der Waals surface area contributed by atoms with Crippen LogP contribution in [0.1, 0.15) is 74.1 Å². The zero-order chi connectivity index (χ0) is 12.6. The molecule has 0 bridgehead atoms. The lowest BCUT2D eigenvalue weighted by Crippen LogP contribution is -2.50. The van der Waals surface area contributed by atoms with Crippen LogP contribution >= 0.6 is 0 Å². The van der Waals surface area contributed by atoms with Crippen molar-refractivity contribution in [2.24, 2.45) is 5.41 Å². The van der Waals surface area contributed by atoms with Crippen LogP contribution in [0.5, 0.6) is 0 Å². The average Bonchev–Trinajstić information content (AvgIpc) is 2.33. The summed E-state index contributed by atoms with van der Waals surface area (Å²) < 4.78 is 0. The number of unbranched alkanes of at least 4 members (excludes halogenated alkanes) is 1. The third-order valence-electron chi connectivity index (χ3n) is 4.07. The van der Waals surface area contributed by atoms with Crippen molar-refractivity contribution in [2.45, 2.75) is 85.2 Å². The maximum atomic E-state index is 2.70. The zero-order valence-electron chi connectivity index (χ0n) is 12.5. The summed E-state index contributed by atoms with van der Waals surface area (Å²) in [5.74, 6) is 0.